The molecule has 0 fully saturated rings. The summed E-state index contributed by atoms with van der Waals surface area (Å²) in [5.74, 6) is 0.293. The van der Waals surface area contributed by atoms with Gasteiger partial charge in [0, 0.05) is 6.07 Å². The summed E-state index contributed by atoms with van der Waals surface area (Å²) < 4.78 is 1.63. The molecule has 0 aliphatic carbocycles. The van der Waals surface area contributed by atoms with Gasteiger partial charge in [-0.1, -0.05) is 20.8 Å². The maximum atomic E-state index is 9.60. The number of benzene rings is 1. The van der Waals surface area contributed by atoms with Crippen molar-refractivity contribution in [2.75, 3.05) is 0 Å². The number of hydrogen-bond acceptors (Lipinski definition) is 2. The van der Waals surface area contributed by atoms with E-state index in [0.717, 1.165) is 12.7 Å². The van der Waals surface area contributed by atoms with Gasteiger partial charge in [-0.15, -0.1) is 0 Å². The van der Waals surface area contributed by atoms with Gasteiger partial charge in [0.1, 0.15) is 11.5 Å². The van der Waals surface area contributed by atoms with Crippen molar-refractivity contribution in [2.45, 2.75) is 26.2 Å². The summed E-state index contributed by atoms with van der Waals surface area (Å²) in [7, 11) is 0. The number of rotatable bonds is 0. The van der Waals surface area contributed by atoms with Crippen LogP contribution in [0.25, 0.3) is 0 Å². The van der Waals surface area contributed by atoms with Gasteiger partial charge in [-0.05, 0) is 56.2 Å². The van der Waals surface area contributed by atoms with E-state index >= 15 is 0 Å². The van der Waals surface area contributed by atoms with Crippen LogP contribution in [0.3, 0.4) is 0 Å². The van der Waals surface area contributed by atoms with Crippen LogP contribution in [0.4, 0.5) is 0 Å². The fraction of sp³-hybridized carbons (Fsp3) is 0.400. The van der Waals surface area contributed by atoms with E-state index in [-0.39, 0.29) is 16.9 Å². The first-order valence-corrected chi connectivity index (χ1v) is 6.31. The third-order valence-corrected chi connectivity index (χ3v) is 4.10. The van der Waals surface area contributed by atoms with Crippen LogP contribution in [-0.4, -0.2) is 10.2 Å². The molecule has 1 rings (SSSR count). The van der Waals surface area contributed by atoms with Crippen molar-refractivity contribution in [3.05, 3.63) is 18.8 Å². The molecule has 0 aliphatic heterocycles. The van der Waals surface area contributed by atoms with Crippen LogP contribution in [0.1, 0.15) is 26.3 Å². The molecular formula is C10H12I2O2. The van der Waals surface area contributed by atoms with Crippen LogP contribution < -0.4 is 0 Å². The average molecular weight is 418 g/mol. The number of phenols is 2. The zero-order valence-corrected chi connectivity index (χ0v) is 12.5. The summed E-state index contributed by atoms with van der Waals surface area (Å²) >= 11 is 4.21. The first kappa shape index (κ1) is 12.4. The van der Waals surface area contributed by atoms with Crippen LogP contribution in [0.15, 0.2) is 6.07 Å². The lowest BCUT2D eigenvalue weighted by Gasteiger charge is -2.23. The minimum absolute atomic E-state index is 0.0801. The maximum absolute atomic E-state index is 9.60. The SMILES string of the molecule is CC(C)(C)c1c(I)c(O)cc(O)c1I. The molecule has 0 atom stereocenters. The molecule has 0 saturated carbocycles. The Kier molecular flexibility index (Phi) is 3.56. The molecule has 1 aromatic carbocycles. The Morgan fingerprint density at radius 2 is 1.36 bits per heavy atom. The molecule has 78 valence electrons. The highest BCUT2D eigenvalue weighted by Crippen LogP contribution is 2.40. The maximum Gasteiger partial charge on any atom is 0.132 e. The van der Waals surface area contributed by atoms with Crippen molar-refractivity contribution in [3.63, 3.8) is 0 Å². The molecular weight excluding hydrogens is 406 g/mol. The minimum atomic E-state index is -0.0801. The van der Waals surface area contributed by atoms with E-state index in [1.54, 1.807) is 0 Å². The van der Waals surface area contributed by atoms with Crippen LogP contribution in [-0.2, 0) is 5.41 Å². The molecule has 0 bridgehead atoms. The molecule has 0 heterocycles. The Morgan fingerprint density at radius 1 is 1.00 bits per heavy atom. The van der Waals surface area contributed by atoms with Crippen molar-refractivity contribution < 1.29 is 10.2 Å². The topological polar surface area (TPSA) is 40.5 Å². The van der Waals surface area contributed by atoms with Crippen LogP contribution in [0.2, 0.25) is 0 Å². The number of halogens is 2. The van der Waals surface area contributed by atoms with E-state index in [1.807, 2.05) is 0 Å². The smallest absolute Gasteiger partial charge is 0.132 e. The lowest BCUT2D eigenvalue weighted by Crippen LogP contribution is -2.15. The molecule has 0 aliphatic rings. The lowest BCUT2D eigenvalue weighted by molar-refractivity contribution is 0.437. The van der Waals surface area contributed by atoms with Crippen molar-refractivity contribution in [2.24, 2.45) is 0 Å². The van der Waals surface area contributed by atoms with Crippen molar-refractivity contribution in [3.8, 4) is 11.5 Å². The molecule has 0 radical (unpaired) electrons. The monoisotopic (exact) mass is 418 g/mol. The van der Waals surface area contributed by atoms with E-state index in [1.165, 1.54) is 6.07 Å². The second-order valence-electron chi connectivity index (χ2n) is 4.17. The predicted molar refractivity (Wildman–Crippen MR) is 73.9 cm³/mol. The largest absolute Gasteiger partial charge is 0.507 e. The van der Waals surface area contributed by atoms with E-state index in [9.17, 15) is 10.2 Å². The Bertz CT molecular complexity index is 341. The number of aromatic hydroxyl groups is 2. The zero-order valence-electron chi connectivity index (χ0n) is 8.23. The molecule has 0 saturated heterocycles. The molecule has 1 aromatic rings. The van der Waals surface area contributed by atoms with E-state index in [2.05, 4.69) is 66.0 Å². The molecule has 2 N–H and O–H groups in total. The highest BCUT2D eigenvalue weighted by atomic mass is 127. The standard InChI is InChI=1S/C10H12I2O2/c1-10(2,3)7-8(11)5(13)4-6(14)9(7)12/h4,13-14H,1-3H3. The third kappa shape index (κ3) is 2.26. The third-order valence-electron chi connectivity index (χ3n) is 1.91. The summed E-state index contributed by atoms with van der Waals surface area (Å²) in [5.41, 5.74) is 0.916. The summed E-state index contributed by atoms with van der Waals surface area (Å²) in [6.07, 6.45) is 0. The van der Waals surface area contributed by atoms with Crippen LogP contribution in [0, 0.1) is 7.14 Å². The minimum Gasteiger partial charge on any atom is -0.507 e. The Labute approximate surface area is 111 Å². The average Bonchev–Trinajstić information content (AvgIpc) is 1.98. The van der Waals surface area contributed by atoms with Gasteiger partial charge in [0.15, 0.2) is 0 Å². The highest BCUT2D eigenvalue weighted by Gasteiger charge is 2.24. The van der Waals surface area contributed by atoms with Crippen molar-refractivity contribution >= 4 is 45.2 Å². The first-order valence-electron chi connectivity index (χ1n) is 4.15. The summed E-state index contributed by atoms with van der Waals surface area (Å²) in [5, 5.41) is 19.2. The summed E-state index contributed by atoms with van der Waals surface area (Å²) in [6, 6.07) is 1.39. The van der Waals surface area contributed by atoms with Crippen LogP contribution in [0.5, 0.6) is 11.5 Å². The normalized spacial score (nSPS) is 11.8. The Morgan fingerprint density at radius 3 is 1.64 bits per heavy atom. The second kappa shape index (κ2) is 4.03. The quantitative estimate of drug-likeness (QED) is 0.633. The lowest BCUT2D eigenvalue weighted by atomic mass is 9.87. The molecule has 0 unspecified atom stereocenters. The van der Waals surface area contributed by atoms with E-state index < -0.39 is 0 Å². The van der Waals surface area contributed by atoms with Gasteiger partial charge in [0.05, 0.1) is 7.14 Å². The van der Waals surface area contributed by atoms with Gasteiger partial charge in [-0.3, -0.25) is 0 Å². The molecule has 0 amide bonds. The van der Waals surface area contributed by atoms with Gasteiger partial charge in [0.25, 0.3) is 0 Å². The predicted octanol–water partition coefficient (Wildman–Crippen LogP) is 3.60. The fourth-order valence-electron chi connectivity index (χ4n) is 1.27. The summed E-state index contributed by atoms with van der Waals surface area (Å²) in [6.45, 7) is 6.18. The van der Waals surface area contributed by atoms with Gasteiger partial charge in [0.2, 0.25) is 0 Å². The molecule has 14 heavy (non-hydrogen) atoms. The fourth-order valence-corrected chi connectivity index (χ4v) is 4.25. The highest BCUT2D eigenvalue weighted by molar-refractivity contribution is 14.1. The zero-order chi connectivity index (χ0) is 11.1. The van der Waals surface area contributed by atoms with Gasteiger partial charge in [-0.2, -0.15) is 0 Å². The summed E-state index contributed by atoms with van der Waals surface area (Å²) in [4.78, 5) is 0. The van der Waals surface area contributed by atoms with Crippen molar-refractivity contribution in [1.82, 2.24) is 0 Å². The molecule has 2 nitrogen and oxygen atoms in total. The number of phenolic OH excluding ortho intramolecular Hbond substituents is 2. The Hall–Kier alpha value is 0.280. The van der Waals surface area contributed by atoms with Gasteiger partial charge < -0.3 is 10.2 Å². The van der Waals surface area contributed by atoms with Gasteiger partial charge in [-0.25, -0.2) is 0 Å². The van der Waals surface area contributed by atoms with E-state index in [0.29, 0.717) is 0 Å². The van der Waals surface area contributed by atoms with Gasteiger partial charge >= 0.3 is 0 Å². The first-order chi connectivity index (χ1) is 6.25. The molecule has 0 aromatic heterocycles. The Balaban J connectivity index is 3.56. The van der Waals surface area contributed by atoms with E-state index in [4.69, 9.17) is 0 Å². The van der Waals surface area contributed by atoms with Crippen LogP contribution >= 0.6 is 45.2 Å². The van der Waals surface area contributed by atoms with Crippen molar-refractivity contribution in [1.29, 1.82) is 0 Å². The number of hydrogen-bond donors (Lipinski definition) is 2. The molecule has 0 spiro atoms. The second-order valence-corrected chi connectivity index (χ2v) is 6.33. The molecule has 4 heteroatoms.